The van der Waals surface area contributed by atoms with Crippen LogP contribution in [0.15, 0.2) is 0 Å². The third-order valence-corrected chi connectivity index (χ3v) is 4.54. The molecule has 3 nitrogen and oxygen atoms in total. The second kappa shape index (κ2) is 7.46. The Bertz CT molecular complexity index is 223. The summed E-state index contributed by atoms with van der Waals surface area (Å²) in [7, 11) is 0. The van der Waals surface area contributed by atoms with E-state index < -0.39 is 0 Å². The molecule has 0 aromatic carbocycles. The van der Waals surface area contributed by atoms with Crippen molar-refractivity contribution in [3.05, 3.63) is 0 Å². The van der Waals surface area contributed by atoms with Gasteiger partial charge < -0.3 is 15.8 Å². The first kappa shape index (κ1) is 14.3. The first-order chi connectivity index (χ1) is 8.85. The molecule has 2 rings (SSSR count). The molecule has 0 saturated heterocycles. The molecule has 0 amide bonds. The van der Waals surface area contributed by atoms with Gasteiger partial charge in [-0.3, -0.25) is 0 Å². The molecule has 0 heterocycles. The number of rotatable bonds is 9. The van der Waals surface area contributed by atoms with Crippen LogP contribution in [-0.2, 0) is 4.74 Å². The minimum Gasteiger partial charge on any atom is -0.381 e. The molecule has 2 saturated carbocycles. The van der Waals surface area contributed by atoms with Crippen LogP contribution in [0.2, 0.25) is 0 Å². The van der Waals surface area contributed by atoms with Gasteiger partial charge in [-0.1, -0.05) is 19.3 Å². The van der Waals surface area contributed by atoms with E-state index in [9.17, 15) is 0 Å². The highest BCUT2D eigenvalue weighted by Crippen LogP contribution is 2.34. The first-order valence-electron chi connectivity index (χ1n) is 7.83. The van der Waals surface area contributed by atoms with Gasteiger partial charge in [-0.15, -0.1) is 0 Å². The van der Waals surface area contributed by atoms with Gasteiger partial charge in [-0.2, -0.15) is 0 Å². The molecule has 106 valence electrons. The third kappa shape index (κ3) is 4.87. The highest BCUT2D eigenvalue weighted by molar-refractivity contribution is 4.85. The maximum atomic E-state index is 5.98. The molecule has 0 radical (unpaired) electrons. The first-order valence-corrected chi connectivity index (χ1v) is 7.83. The molecule has 3 N–H and O–H groups in total. The van der Waals surface area contributed by atoms with E-state index in [2.05, 4.69) is 5.32 Å². The molecular weight excluding hydrogens is 224 g/mol. The summed E-state index contributed by atoms with van der Waals surface area (Å²) < 4.78 is 5.64. The predicted molar refractivity (Wildman–Crippen MR) is 75.6 cm³/mol. The minimum absolute atomic E-state index is 0.396. The maximum absolute atomic E-state index is 5.98. The molecule has 0 aromatic heterocycles. The van der Waals surface area contributed by atoms with Crippen molar-refractivity contribution < 1.29 is 4.74 Å². The van der Waals surface area contributed by atoms with Gasteiger partial charge in [0, 0.05) is 19.8 Å². The average molecular weight is 254 g/mol. The van der Waals surface area contributed by atoms with Crippen LogP contribution in [0.5, 0.6) is 0 Å². The summed E-state index contributed by atoms with van der Waals surface area (Å²) in [5.41, 5.74) is 6.37. The fourth-order valence-corrected chi connectivity index (χ4v) is 2.94. The van der Waals surface area contributed by atoms with Gasteiger partial charge in [0.05, 0.1) is 0 Å². The number of ether oxygens (including phenoxy) is 1. The Labute approximate surface area is 112 Å². The molecular formula is C15H30N2O. The van der Waals surface area contributed by atoms with Crippen molar-refractivity contribution in [1.29, 1.82) is 0 Å². The number of hydrogen-bond donors (Lipinski definition) is 2. The molecule has 0 aromatic rings. The Morgan fingerprint density at radius 2 is 1.94 bits per heavy atom. The van der Waals surface area contributed by atoms with Crippen LogP contribution in [0, 0.1) is 11.3 Å². The van der Waals surface area contributed by atoms with Crippen LogP contribution in [0.4, 0.5) is 0 Å². The summed E-state index contributed by atoms with van der Waals surface area (Å²) in [6.45, 7) is 4.93. The second-order valence-corrected chi connectivity index (χ2v) is 6.31. The zero-order chi connectivity index (χ0) is 12.7. The smallest absolute Gasteiger partial charge is 0.0494 e. The molecule has 0 aliphatic heterocycles. The lowest BCUT2D eigenvalue weighted by atomic mass is 9.74. The van der Waals surface area contributed by atoms with E-state index in [-0.39, 0.29) is 0 Å². The molecule has 0 bridgehead atoms. The normalized spacial score (nSPS) is 23.2. The van der Waals surface area contributed by atoms with Crippen LogP contribution in [0.25, 0.3) is 0 Å². The molecule has 0 unspecified atom stereocenters. The lowest BCUT2D eigenvalue weighted by molar-refractivity contribution is 0.120. The fraction of sp³-hybridized carbons (Fsp3) is 1.00. The summed E-state index contributed by atoms with van der Waals surface area (Å²) in [4.78, 5) is 0. The van der Waals surface area contributed by atoms with Crippen molar-refractivity contribution in [3.63, 3.8) is 0 Å². The molecule has 3 heteroatoms. The van der Waals surface area contributed by atoms with E-state index >= 15 is 0 Å². The van der Waals surface area contributed by atoms with Crippen molar-refractivity contribution in [1.82, 2.24) is 5.32 Å². The van der Waals surface area contributed by atoms with Crippen molar-refractivity contribution in [3.8, 4) is 0 Å². The van der Waals surface area contributed by atoms with E-state index in [1.807, 2.05) is 0 Å². The minimum atomic E-state index is 0.396. The lowest BCUT2D eigenvalue weighted by Gasteiger charge is -2.36. The van der Waals surface area contributed by atoms with Crippen LogP contribution in [0.1, 0.15) is 51.4 Å². The van der Waals surface area contributed by atoms with E-state index in [1.165, 1.54) is 44.9 Å². The lowest BCUT2D eigenvalue weighted by Crippen LogP contribution is -2.42. The SMILES string of the molecule is NCC1(CNCCCOCC2CC2)CCCCC1. The highest BCUT2D eigenvalue weighted by Gasteiger charge is 2.29. The predicted octanol–water partition coefficient (Wildman–Crippen LogP) is 2.30. The molecule has 0 spiro atoms. The second-order valence-electron chi connectivity index (χ2n) is 6.31. The Kier molecular flexibility index (Phi) is 5.93. The number of hydrogen-bond acceptors (Lipinski definition) is 3. The van der Waals surface area contributed by atoms with Crippen LogP contribution in [-0.4, -0.2) is 32.8 Å². The van der Waals surface area contributed by atoms with Crippen molar-refractivity contribution in [2.75, 3.05) is 32.8 Å². The van der Waals surface area contributed by atoms with Gasteiger partial charge in [0.2, 0.25) is 0 Å². The van der Waals surface area contributed by atoms with E-state index in [4.69, 9.17) is 10.5 Å². The van der Waals surface area contributed by atoms with Gasteiger partial charge in [0.1, 0.15) is 0 Å². The van der Waals surface area contributed by atoms with Gasteiger partial charge >= 0.3 is 0 Å². The van der Waals surface area contributed by atoms with Crippen molar-refractivity contribution >= 4 is 0 Å². The molecule has 18 heavy (non-hydrogen) atoms. The fourth-order valence-electron chi connectivity index (χ4n) is 2.94. The highest BCUT2D eigenvalue weighted by atomic mass is 16.5. The zero-order valence-electron chi connectivity index (χ0n) is 11.8. The third-order valence-electron chi connectivity index (χ3n) is 4.54. The maximum Gasteiger partial charge on any atom is 0.0494 e. The van der Waals surface area contributed by atoms with Gasteiger partial charge in [0.25, 0.3) is 0 Å². The molecule has 0 atom stereocenters. The molecule has 2 fully saturated rings. The van der Waals surface area contributed by atoms with Gasteiger partial charge in [-0.05, 0) is 56.5 Å². The Balaban J connectivity index is 1.47. The summed E-state index contributed by atoms with van der Waals surface area (Å²) in [5.74, 6) is 0.890. The standard InChI is InChI=1S/C15H30N2O/c16-12-15(7-2-1-3-8-15)13-17-9-4-10-18-11-14-5-6-14/h14,17H,1-13,16H2. The van der Waals surface area contributed by atoms with E-state index in [1.54, 1.807) is 0 Å². The Morgan fingerprint density at radius 1 is 1.17 bits per heavy atom. The topological polar surface area (TPSA) is 47.3 Å². The number of nitrogens with one attached hydrogen (secondary N) is 1. The Hall–Kier alpha value is -0.120. The Morgan fingerprint density at radius 3 is 2.61 bits per heavy atom. The van der Waals surface area contributed by atoms with E-state index in [0.29, 0.717) is 5.41 Å². The average Bonchev–Trinajstić information content (AvgIpc) is 3.23. The largest absolute Gasteiger partial charge is 0.381 e. The summed E-state index contributed by atoms with van der Waals surface area (Å²) in [6, 6.07) is 0. The van der Waals surface area contributed by atoms with Gasteiger partial charge in [-0.25, -0.2) is 0 Å². The summed E-state index contributed by atoms with van der Waals surface area (Å²) >= 11 is 0. The molecule has 2 aliphatic rings. The molecule has 2 aliphatic carbocycles. The van der Waals surface area contributed by atoms with Crippen LogP contribution < -0.4 is 11.1 Å². The monoisotopic (exact) mass is 254 g/mol. The summed E-state index contributed by atoms with van der Waals surface area (Å²) in [6.07, 6.45) is 10.7. The number of nitrogens with two attached hydrogens (primary N) is 1. The quantitative estimate of drug-likeness (QED) is 0.621. The van der Waals surface area contributed by atoms with Gasteiger partial charge in [0.15, 0.2) is 0 Å². The van der Waals surface area contributed by atoms with Crippen LogP contribution >= 0.6 is 0 Å². The summed E-state index contributed by atoms with van der Waals surface area (Å²) in [5, 5.41) is 3.59. The van der Waals surface area contributed by atoms with E-state index in [0.717, 1.165) is 45.2 Å². The van der Waals surface area contributed by atoms with Crippen LogP contribution in [0.3, 0.4) is 0 Å². The van der Waals surface area contributed by atoms with Crippen molar-refractivity contribution in [2.24, 2.45) is 17.1 Å². The zero-order valence-corrected chi connectivity index (χ0v) is 11.8. The van der Waals surface area contributed by atoms with Crippen molar-refractivity contribution in [2.45, 2.75) is 51.4 Å².